The van der Waals surface area contributed by atoms with Crippen molar-refractivity contribution in [1.29, 1.82) is 0 Å². The smallest absolute Gasteiger partial charge is 0.407 e. The molecule has 0 radical (unpaired) electrons. The second kappa shape index (κ2) is 9.57. The Kier molecular flexibility index (Phi) is 7.45. The second-order valence-corrected chi connectivity index (χ2v) is 7.91. The largest absolute Gasteiger partial charge is 0.444 e. The minimum absolute atomic E-state index is 0.0911. The molecule has 1 aromatic carbocycles. The Labute approximate surface area is 156 Å². The Morgan fingerprint density at radius 1 is 1.04 bits per heavy atom. The average Bonchev–Trinajstić information content (AvgIpc) is 3.05. The standard InChI is InChI=1S/C20H31N3O3/c1-20(2,3)26-19(25)21-11-10-18(24)22-14-16-6-8-17(9-7-16)15-23-12-4-5-13-23/h6-9H,4-5,10-15H2,1-3H3,(H,21,25)(H,22,24)/p+1. The minimum atomic E-state index is -0.533. The molecule has 0 atom stereocenters. The summed E-state index contributed by atoms with van der Waals surface area (Å²) in [5, 5.41) is 5.46. The molecular weight excluding hydrogens is 330 g/mol. The van der Waals surface area contributed by atoms with Crippen molar-refractivity contribution in [2.75, 3.05) is 19.6 Å². The van der Waals surface area contributed by atoms with Gasteiger partial charge in [0.25, 0.3) is 0 Å². The van der Waals surface area contributed by atoms with E-state index in [2.05, 4.69) is 34.9 Å². The molecule has 0 unspecified atom stereocenters. The summed E-state index contributed by atoms with van der Waals surface area (Å²) < 4.78 is 5.12. The third kappa shape index (κ3) is 7.87. The van der Waals surface area contributed by atoms with Gasteiger partial charge in [0.05, 0.1) is 13.1 Å². The lowest BCUT2D eigenvalue weighted by molar-refractivity contribution is -0.901. The maximum atomic E-state index is 11.9. The number of alkyl carbamates (subject to hydrolysis) is 1. The van der Waals surface area contributed by atoms with Crippen LogP contribution in [0.3, 0.4) is 0 Å². The zero-order valence-electron chi connectivity index (χ0n) is 16.2. The van der Waals surface area contributed by atoms with Gasteiger partial charge < -0.3 is 20.3 Å². The van der Waals surface area contributed by atoms with E-state index in [4.69, 9.17) is 4.74 Å². The van der Waals surface area contributed by atoms with E-state index in [0.717, 1.165) is 12.1 Å². The number of hydrogen-bond donors (Lipinski definition) is 3. The van der Waals surface area contributed by atoms with Crippen LogP contribution in [-0.2, 0) is 22.6 Å². The lowest BCUT2D eigenvalue weighted by atomic mass is 10.1. The normalized spacial score (nSPS) is 14.9. The van der Waals surface area contributed by atoms with E-state index in [1.807, 2.05) is 0 Å². The fraction of sp³-hybridized carbons (Fsp3) is 0.600. The molecule has 3 N–H and O–H groups in total. The quantitative estimate of drug-likeness (QED) is 0.687. The molecular formula is C20H32N3O3+. The molecule has 144 valence electrons. The molecule has 6 nitrogen and oxygen atoms in total. The number of rotatable bonds is 7. The van der Waals surface area contributed by atoms with Gasteiger partial charge in [-0.3, -0.25) is 4.79 Å². The molecule has 0 saturated carbocycles. The van der Waals surface area contributed by atoms with E-state index in [9.17, 15) is 9.59 Å². The molecule has 0 aromatic heterocycles. The third-order valence-corrected chi connectivity index (χ3v) is 4.30. The summed E-state index contributed by atoms with van der Waals surface area (Å²) in [6.07, 6.45) is 2.40. The van der Waals surface area contributed by atoms with Crippen LogP contribution < -0.4 is 15.5 Å². The molecule has 1 fully saturated rings. The van der Waals surface area contributed by atoms with Crippen molar-refractivity contribution >= 4 is 12.0 Å². The molecule has 6 heteroatoms. The maximum absolute atomic E-state index is 11.9. The van der Waals surface area contributed by atoms with Crippen molar-refractivity contribution in [3.8, 4) is 0 Å². The van der Waals surface area contributed by atoms with Crippen molar-refractivity contribution in [3.63, 3.8) is 0 Å². The summed E-state index contributed by atoms with van der Waals surface area (Å²) in [6, 6.07) is 8.45. The first-order valence-electron chi connectivity index (χ1n) is 9.47. The number of carbonyl (C=O) groups excluding carboxylic acids is 2. The molecule has 0 bridgehead atoms. The van der Waals surface area contributed by atoms with E-state index in [1.165, 1.54) is 31.5 Å². The molecule has 2 amide bonds. The van der Waals surface area contributed by atoms with E-state index < -0.39 is 11.7 Å². The highest BCUT2D eigenvalue weighted by atomic mass is 16.6. The zero-order chi connectivity index (χ0) is 19.0. The molecule has 1 aliphatic heterocycles. The van der Waals surface area contributed by atoms with Crippen molar-refractivity contribution in [2.45, 2.75) is 58.7 Å². The van der Waals surface area contributed by atoms with E-state index >= 15 is 0 Å². The van der Waals surface area contributed by atoms with Gasteiger partial charge in [0, 0.05) is 37.9 Å². The van der Waals surface area contributed by atoms with Gasteiger partial charge >= 0.3 is 6.09 Å². The maximum Gasteiger partial charge on any atom is 0.407 e. The number of carbonyl (C=O) groups is 2. The van der Waals surface area contributed by atoms with Crippen LogP contribution in [0.4, 0.5) is 4.79 Å². The highest BCUT2D eigenvalue weighted by Crippen LogP contribution is 2.06. The van der Waals surface area contributed by atoms with Gasteiger partial charge in [-0.25, -0.2) is 4.79 Å². The van der Waals surface area contributed by atoms with Gasteiger partial charge in [0.1, 0.15) is 12.1 Å². The highest BCUT2D eigenvalue weighted by Gasteiger charge is 2.16. The lowest BCUT2D eigenvalue weighted by Gasteiger charge is -2.19. The van der Waals surface area contributed by atoms with Crippen molar-refractivity contribution in [1.82, 2.24) is 10.6 Å². The monoisotopic (exact) mass is 362 g/mol. The summed E-state index contributed by atoms with van der Waals surface area (Å²) in [5.41, 5.74) is 1.89. The van der Waals surface area contributed by atoms with E-state index in [-0.39, 0.29) is 18.9 Å². The van der Waals surface area contributed by atoms with Crippen LogP contribution in [-0.4, -0.2) is 37.2 Å². The number of quaternary nitrogens is 1. The number of ether oxygens (including phenoxy) is 1. The number of benzene rings is 1. The van der Waals surface area contributed by atoms with E-state index in [1.54, 1.807) is 25.7 Å². The summed E-state index contributed by atoms with van der Waals surface area (Å²) >= 11 is 0. The SMILES string of the molecule is CC(C)(C)OC(=O)NCCC(=O)NCc1ccc(C[NH+]2CCCC2)cc1. The molecule has 2 rings (SSSR count). The van der Waals surface area contributed by atoms with Crippen LogP contribution in [0.15, 0.2) is 24.3 Å². The van der Waals surface area contributed by atoms with Crippen LogP contribution in [0, 0.1) is 0 Å². The average molecular weight is 362 g/mol. The van der Waals surface area contributed by atoms with Gasteiger partial charge in [-0.15, -0.1) is 0 Å². The molecule has 0 aliphatic carbocycles. The second-order valence-electron chi connectivity index (χ2n) is 7.91. The van der Waals surface area contributed by atoms with E-state index in [0.29, 0.717) is 6.54 Å². The minimum Gasteiger partial charge on any atom is -0.444 e. The number of likely N-dealkylation sites (tertiary alicyclic amines) is 1. The number of nitrogens with one attached hydrogen (secondary N) is 3. The number of amides is 2. The fourth-order valence-electron chi connectivity index (χ4n) is 3.00. The van der Waals surface area contributed by atoms with Crippen LogP contribution in [0.25, 0.3) is 0 Å². The molecule has 1 aromatic rings. The third-order valence-electron chi connectivity index (χ3n) is 4.30. The van der Waals surface area contributed by atoms with Crippen LogP contribution in [0.1, 0.15) is 51.2 Å². The lowest BCUT2D eigenvalue weighted by Crippen LogP contribution is -3.08. The van der Waals surface area contributed by atoms with Gasteiger partial charge in [0.2, 0.25) is 5.91 Å². The fourth-order valence-corrected chi connectivity index (χ4v) is 3.00. The Morgan fingerprint density at radius 3 is 2.27 bits per heavy atom. The topological polar surface area (TPSA) is 71.9 Å². The molecule has 1 saturated heterocycles. The first-order valence-corrected chi connectivity index (χ1v) is 9.47. The van der Waals surface area contributed by atoms with Crippen molar-refractivity contribution in [3.05, 3.63) is 35.4 Å². The Bertz CT molecular complexity index is 587. The van der Waals surface area contributed by atoms with Crippen LogP contribution in [0.5, 0.6) is 0 Å². The van der Waals surface area contributed by atoms with Crippen molar-refractivity contribution in [2.24, 2.45) is 0 Å². The Morgan fingerprint density at radius 2 is 1.65 bits per heavy atom. The Balaban J connectivity index is 1.63. The highest BCUT2D eigenvalue weighted by molar-refractivity contribution is 5.77. The molecule has 1 aliphatic rings. The number of hydrogen-bond acceptors (Lipinski definition) is 3. The van der Waals surface area contributed by atoms with Crippen molar-refractivity contribution < 1.29 is 19.2 Å². The molecule has 26 heavy (non-hydrogen) atoms. The Hall–Kier alpha value is -2.08. The predicted octanol–water partition coefficient (Wildman–Crippen LogP) is 1.40. The van der Waals surface area contributed by atoms with Gasteiger partial charge in [-0.05, 0) is 26.3 Å². The van der Waals surface area contributed by atoms with Gasteiger partial charge in [0.15, 0.2) is 0 Å². The van der Waals surface area contributed by atoms with Crippen LogP contribution >= 0.6 is 0 Å². The summed E-state index contributed by atoms with van der Waals surface area (Å²) in [7, 11) is 0. The zero-order valence-corrected chi connectivity index (χ0v) is 16.2. The predicted molar refractivity (Wildman–Crippen MR) is 101 cm³/mol. The van der Waals surface area contributed by atoms with Gasteiger partial charge in [-0.1, -0.05) is 24.3 Å². The summed E-state index contributed by atoms with van der Waals surface area (Å²) in [6.45, 7) is 9.80. The summed E-state index contributed by atoms with van der Waals surface area (Å²) in [4.78, 5) is 25.0. The van der Waals surface area contributed by atoms with Crippen LogP contribution in [0.2, 0.25) is 0 Å². The first-order chi connectivity index (χ1) is 12.3. The van der Waals surface area contributed by atoms with Gasteiger partial charge in [-0.2, -0.15) is 0 Å². The molecule has 0 spiro atoms. The summed E-state index contributed by atoms with van der Waals surface area (Å²) in [5.74, 6) is -0.0911. The molecule has 1 heterocycles. The first kappa shape index (κ1) is 20.2.